The highest BCUT2D eigenvalue weighted by molar-refractivity contribution is 6.03. The number of ether oxygens (including phenoxy) is 1. The Bertz CT molecular complexity index is 1060. The van der Waals surface area contributed by atoms with Crippen molar-refractivity contribution in [3.63, 3.8) is 0 Å². The quantitative estimate of drug-likeness (QED) is 0.666. The van der Waals surface area contributed by atoms with Crippen LogP contribution in [0.4, 0.5) is 5.69 Å². The van der Waals surface area contributed by atoms with Gasteiger partial charge in [-0.25, -0.2) is 4.79 Å². The van der Waals surface area contributed by atoms with Crippen molar-refractivity contribution in [3.05, 3.63) is 95.1 Å². The summed E-state index contributed by atoms with van der Waals surface area (Å²) in [5.41, 5.74) is 5.55. The molecule has 4 rings (SSSR count). The Morgan fingerprint density at radius 2 is 1.79 bits per heavy atom. The first-order chi connectivity index (χ1) is 14.0. The Hall–Kier alpha value is -3.60. The summed E-state index contributed by atoms with van der Waals surface area (Å²) in [5, 5.41) is 16.1. The summed E-state index contributed by atoms with van der Waals surface area (Å²) in [6.07, 6.45) is 0.760. The van der Waals surface area contributed by atoms with Crippen LogP contribution < -0.4 is 9.75 Å². The molecule has 0 fully saturated rings. The zero-order valence-electron chi connectivity index (χ0n) is 16.4. The molecule has 0 saturated carbocycles. The number of anilines is 1. The van der Waals surface area contributed by atoms with Gasteiger partial charge in [0.25, 0.3) is 0 Å². The summed E-state index contributed by atoms with van der Waals surface area (Å²) < 4.78 is 5.28. The normalized spacial score (nSPS) is 15.9. The third-order valence-corrected chi connectivity index (χ3v) is 5.14. The molecule has 1 aliphatic rings. The molecule has 146 valence electrons. The minimum Gasteiger partial charge on any atom is -0.497 e. The largest absolute Gasteiger partial charge is 0.497 e. The Morgan fingerprint density at radius 3 is 2.41 bits per heavy atom. The molecule has 0 saturated heterocycles. The number of aryl methyl sites for hydroxylation is 1. The second-order valence-corrected chi connectivity index (χ2v) is 7.11. The number of hydrazone groups is 1. The molecular weight excluding hydrogens is 364 g/mol. The number of carboxylic acids is 1. The second-order valence-electron chi connectivity index (χ2n) is 7.11. The molecule has 3 aromatic carbocycles. The average molecular weight is 386 g/mol. The smallest absolute Gasteiger partial charge is 0.335 e. The van der Waals surface area contributed by atoms with E-state index in [1.54, 1.807) is 19.2 Å². The van der Waals surface area contributed by atoms with E-state index in [4.69, 9.17) is 9.84 Å². The Labute approximate surface area is 169 Å². The highest BCUT2D eigenvalue weighted by Crippen LogP contribution is 2.37. The lowest BCUT2D eigenvalue weighted by Crippen LogP contribution is -2.18. The van der Waals surface area contributed by atoms with Crippen molar-refractivity contribution in [1.82, 2.24) is 0 Å². The number of aromatic carboxylic acids is 1. The van der Waals surface area contributed by atoms with Gasteiger partial charge < -0.3 is 9.84 Å². The number of benzene rings is 3. The predicted octanol–water partition coefficient (Wildman–Crippen LogP) is 5.06. The van der Waals surface area contributed by atoms with Crippen LogP contribution in [0, 0.1) is 6.92 Å². The van der Waals surface area contributed by atoms with E-state index in [-0.39, 0.29) is 11.6 Å². The van der Waals surface area contributed by atoms with Crippen LogP contribution in [-0.4, -0.2) is 23.9 Å². The summed E-state index contributed by atoms with van der Waals surface area (Å²) in [5.74, 6) is -0.127. The number of carboxylic acid groups (broad SMARTS) is 1. The highest BCUT2D eigenvalue weighted by Gasteiger charge is 2.30. The number of hydrogen-bond acceptors (Lipinski definition) is 4. The number of nitrogens with zero attached hydrogens (tertiary/aromatic N) is 2. The van der Waals surface area contributed by atoms with Gasteiger partial charge in [-0.15, -0.1) is 0 Å². The Balaban J connectivity index is 1.73. The molecule has 0 spiro atoms. The van der Waals surface area contributed by atoms with Crippen LogP contribution in [-0.2, 0) is 0 Å². The maximum absolute atomic E-state index is 11.2. The molecule has 5 nitrogen and oxygen atoms in total. The molecule has 5 heteroatoms. The number of carbonyl (C=O) groups is 1. The summed E-state index contributed by atoms with van der Waals surface area (Å²) in [7, 11) is 1.65. The fourth-order valence-electron chi connectivity index (χ4n) is 3.59. The molecule has 1 unspecified atom stereocenters. The van der Waals surface area contributed by atoms with Crippen molar-refractivity contribution < 1.29 is 14.6 Å². The van der Waals surface area contributed by atoms with Crippen molar-refractivity contribution in [2.45, 2.75) is 19.4 Å². The molecule has 0 radical (unpaired) electrons. The van der Waals surface area contributed by atoms with Gasteiger partial charge in [0.15, 0.2) is 0 Å². The molecular formula is C24H22N2O3. The number of rotatable bonds is 5. The van der Waals surface area contributed by atoms with Gasteiger partial charge in [0.2, 0.25) is 0 Å². The van der Waals surface area contributed by atoms with E-state index in [1.165, 1.54) is 5.56 Å². The first kappa shape index (κ1) is 18.7. The highest BCUT2D eigenvalue weighted by atomic mass is 16.5. The minimum atomic E-state index is -0.936. The molecule has 0 aliphatic carbocycles. The van der Waals surface area contributed by atoms with Gasteiger partial charge in [-0.3, -0.25) is 5.01 Å². The van der Waals surface area contributed by atoms with Gasteiger partial charge >= 0.3 is 5.97 Å². The van der Waals surface area contributed by atoms with Gasteiger partial charge in [-0.1, -0.05) is 42.0 Å². The molecule has 0 bridgehead atoms. The van der Waals surface area contributed by atoms with Gasteiger partial charge in [0, 0.05) is 6.42 Å². The lowest BCUT2D eigenvalue weighted by atomic mass is 9.97. The lowest BCUT2D eigenvalue weighted by molar-refractivity contribution is 0.0697. The van der Waals surface area contributed by atoms with Crippen LogP contribution >= 0.6 is 0 Å². The molecule has 0 aromatic heterocycles. The van der Waals surface area contributed by atoms with Gasteiger partial charge in [0.05, 0.1) is 30.1 Å². The van der Waals surface area contributed by atoms with Crippen molar-refractivity contribution in [1.29, 1.82) is 0 Å². The van der Waals surface area contributed by atoms with Gasteiger partial charge in [-0.05, 0) is 54.4 Å². The maximum atomic E-state index is 11.2. The van der Waals surface area contributed by atoms with Crippen LogP contribution in [0.25, 0.3) is 0 Å². The van der Waals surface area contributed by atoms with E-state index >= 15 is 0 Å². The van der Waals surface area contributed by atoms with E-state index in [0.29, 0.717) is 0 Å². The predicted molar refractivity (Wildman–Crippen MR) is 114 cm³/mol. The standard InChI is InChI=1S/C24H22N2O3/c1-16-4-3-5-19(14-16)22-15-23(17-8-12-21(29-2)13-9-17)26(25-22)20-10-6-18(7-11-20)24(27)28/h3-14,23H,15H2,1-2H3,(H,27,28). The molecule has 1 aliphatic heterocycles. The average Bonchev–Trinajstić information content (AvgIpc) is 3.19. The van der Waals surface area contributed by atoms with Crippen LogP contribution in [0.1, 0.15) is 39.5 Å². The molecule has 0 amide bonds. The summed E-state index contributed by atoms with van der Waals surface area (Å²) in [4.78, 5) is 11.2. The number of methoxy groups -OCH3 is 1. The zero-order chi connectivity index (χ0) is 20.4. The summed E-state index contributed by atoms with van der Waals surface area (Å²) in [6.45, 7) is 2.07. The molecule has 29 heavy (non-hydrogen) atoms. The van der Waals surface area contributed by atoms with Crippen molar-refractivity contribution in [2.24, 2.45) is 5.10 Å². The summed E-state index contributed by atoms with van der Waals surface area (Å²) in [6, 6.07) is 23.2. The third-order valence-electron chi connectivity index (χ3n) is 5.14. The molecule has 1 heterocycles. The topological polar surface area (TPSA) is 62.1 Å². The van der Waals surface area contributed by atoms with Gasteiger partial charge in [0.1, 0.15) is 5.75 Å². The summed E-state index contributed by atoms with van der Waals surface area (Å²) >= 11 is 0. The Morgan fingerprint density at radius 1 is 1.07 bits per heavy atom. The van der Waals surface area contributed by atoms with Crippen molar-refractivity contribution in [2.75, 3.05) is 12.1 Å². The molecule has 3 aromatic rings. The second kappa shape index (κ2) is 7.80. The maximum Gasteiger partial charge on any atom is 0.335 e. The minimum absolute atomic E-state index is 0.0205. The van der Waals surface area contributed by atoms with Crippen molar-refractivity contribution >= 4 is 17.4 Å². The van der Waals surface area contributed by atoms with Crippen LogP contribution in [0.5, 0.6) is 5.75 Å². The Kier molecular flexibility index (Phi) is 5.04. The fourth-order valence-corrected chi connectivity index (χ4v) is 3.59. The molecule has 1 atom stereocenters. The van der Waals surface area contributed by atoms with Crippen LogP contribution in [0.15, 0.2) is 77.9 Å². The van der Waals surface area contributed by atoms with Crippen LogP contribution in [0.2, 0.25) is 0 Å². The van der Waals surface area contributed by atoms with E-state index in [1.807, 2.05) is 35.3 Å². The van der Waals surface area contributed by atoms with E-state index in [9.17, 15) is 9.90 Å². The lowest BCUT2D eigenvalue weighted by Gasteiger charge is -2.24. The SMILES string of the molecule is COc1ccc(C2CC(c3cccc(C)c3)=NN2c2ccc(C(=O)O)cc2)cc1. The monoisotopic (exact) mass is 386 g/mol. The van der Waals surface area contributed by atoms with Crippen molar-refractivity contribution in [3.8, 4) is 5.75 Å². The first-order valence-corrected chi connectivity index (χ1v) is 9.46. The van der Waals surface area contributed by atoms with Crippen LogP contribution in [0.3, 0.4) is 0 Å². The van der Waals surface area contributed by atoms with E-state index < -0.39 is 5.97 Å². The zero-order valence-corrected chi connectivity index (χ0v) is 16.4. The van der Waals surface area contributed by atoms with Gasteiger partial charge in [-0.2, -0.15) is 5.10 Å². The fraction of sp³-hybridized carbons (Fsp3) is 0.167. The number of hydrogen-bond donors (Lipinski definition) is 1. The van der Waals surface area contributed by atoms with E-state index in [2.05, 4.69) is 37.3 Å². The first-order valence-electron chi connectivity index (χ1n) is 9.46. The molecule has 1 N–H and O–H groups in total. The third kappa shape index (κ3) is 3.85. The van der Waals surface area contributed by atoms with E-state index in [0.717, 1.165) is 34.7 Å².